The molecule has 0 aliphatic carbocycles. The minimum atomic E-state index is 0.669. The van der Waals surface area contributed by atoms with Crippen LogP contribution in [0.2, 0.25) is 0 Å². The summed E-state index contributed by atoms with van der Waals surface area (Å²) in [6, 6.07) is 29.8. The zero-order chi connectivity index (χ0) is 17.3. The average molecular weight is 348 g/mol. The van der Waals surface area contributed by atoms with Gasteiger partial charge in [0.2, 0.25) is 0 Å². The zero-order valence-electron chi connectivity index (χ0n) is 14.7. The summed E-state index contributed by atoms with van der Waals surface area (Å²) in [5, 5.41) is 4.10. The first kappa shape index (κ1) is 17.6. The first-order chi connectivity index (χ1) is 12.3. The predicted octanol–water partition coefficient (Wildman–Crippen LogP) is 6.68. The first-order valence-corrected chi connectivity index (χ1v) is 9.91. The molecule has 128 valence electrons. The molecule has 0 saturated heterocycles. The highest BCUT2D eigenvalue weighted by Gasteiger charge is 2.04. The van der Waals surface area contributed by atoms with E-state index in [4.69, 9.17) is 0 Å². The van der Waals surface area contributed by atoms with Crippen LogP contribution in [0.4, 0.5) is 11.4 Å². The number of hydrogen-bond donors (Lipinski definition) is 1. The van der Waals surface area contributed by atoms with Gasteiger partial charge in [-0.15, -0.1) is 0 Å². The minimum absolute atomic E-state index is 0.669. The number of aryl methyl sites for hydroxylation is 1. The summed E-state index contributed by atoms with van der Waals surface area (Å²) in [5.41, 5.74) is 5.09. The number of benzene rings is 3. The minimum Gasteiger partial charge on any atom is -0.356 e. The number of anilines is 2. The molecule has 1 N–H and O–H groups in total. The van der Waals surface area contributed by atoms with Gasteiger partial charge in [0.1, 0.15) is 0 Å². The Morgan fingerprint density at radius 2 is 1.32 bits per heavy atom. The lowest BCUT2D eigenvalue weighted by atomic mass is 10.1. The number of hydrogen-bond acceptors (Lipinski definition) is 2. The standard InChI is InChI=1S/C23H25NS/c1-19(25-18-21-8-4-2-5-9-21)12-13-20-14-16-23(17-15-20)24-22-10-6-3-7-11-22/h2-11,14-17,19,24H,12-13,18H2,1H3. The van der Waals surface area contributed by atoms with E-state index < -0.39 is 0 Å². The fourth-order valence-corrected chi connectivity index (χ4v) is 3.66. The largest absolute Gasteiger partial charge is 0.356 e. The second-order valence-electron chi connectivity index (χ2n) is 6.33. The van der Waals surface area contributed by atoms with Crippen molar-refractivity contribution >= 4 is 23.1 Å². The Hall–Kier alpha value is -2.19. The Labute approximate surface area is 155 Å². The molecule has 3 aromatic carbocycles. The van der Waals surface area contributed by atoms with Crippen LogP contribution in [0.1, 0.15) is 24.5 Å². The van der Waals surface area contributed by atoms with E-state index in [1.54, 1.807) is 0 Å². The molecule has 0 saturated carbocycles. The van der Waals surface area contributed by atoms with E-state index in [0.29, 0.717) is 5.25 Å². The van der Waals surface area contributed by atoms with E-state index in [1.807, 2.05) is 30.0 Å². The van der Waals surface area contributed by atoms with Gasteiger partial charge in [0.05, 0.1) is 0 Å². The van der Waals surface area contributed by atoms with E-state index in [1.165, 1.54) is 17.5 Å². The molecule has 0 heterocycles. The molecule has 0 aliphatic heterocycles. The summed E-state index contributed by atoms with van der Waals surface area (Å²) in [7, 11) is 0. The predicted molar refractivity (Wildman–Crippen MR) is 112 cm³/mol. The Balaban J connectivity index is 1.43. The van der Waals surface area contributed by atoms with Gasteiger partial charge in [-0.3, -0.25) is 0 Å². The molecule has 1 nitrogen and oxygen atoms in total. The van der Waals surface area contributed by atoms with Crippen molar-refractivity contribution < 1.29 is 0 Å². The maximum Gasteiger partial charge on any atom is 0.0384 e. The van der Waals surface area contributed by atoms with E-state index in [2.05, 4.69) is 79.0 Å². The molecule has 25 heavy (non-hydrogen) atoms. The second-order valence-corrected chi connectivity index (χ2v) is 7.76. The highest BCUT2D eigenvalue weighted by molar-refractivity contribution is 7.99. The van der Waals surface area contributed by atoms with Crippen LogP contribution in [0.15, 0.2) is 84.9 Å². The maximum absolute atomic E-state index is 3.43. The van der Waals surface area contributed by atoms with Crippen LogP contribution >= 0.6 is 11.8 Å². The molecule has 1 unspecified atom stereocenters. The van der Waals surface area contributed by atoms with Crippen molar-refractivity contribution in [3.05, 3.63) is 96.1 Å². The second kappa shape index (κ2) is 9.33. The van der Waals surface area contributed by atoms with Gasteiger partial charge < -0.3 is 5.32 Å². The van der Waals surface area contributed by atoms with Crippen LogP contribution in [0, 0.1) is 0 Å². The van der Waals surface area contributed by atoms with Crippen molar-refractivity contribution in [2.24, 2.45) is 0 Å². The van der Waals surface area contributed by atoms with Crippen molar-refractivity contribution in [1.29, 1.82) is 0 Å². The van der Waals surface area contributed by atoms with Gasteiger partial charge in [-0.25, -0.2) is 0 Å². The third-order valence-electron chi connectivity index (χ3n) is 4.23. The molecular weight excluding hydrogens is 322 g/mol. The third-order valence-corrected chi connectivity index (χ3v) is 5.54. The summed E-state index contributed by atoms with van der Waals surface area (Å²) in [4.78, 5) is 0. The maximum atomic E-state index is 3.43. The summed E-state index contributed by atoms with van der Waals surface area (Å²) in [6.07, 6.45) is 2.34. The van der Waals surface area contributed by atoms with Crippen LogP contribution in [0.5, 0.6) is 0 Å². The highest BCUT2D eigenvalue weighted by atomic mass is 32.2. The molecule has 0 aromatic heterocycles. The molecule has 0 fully saturated rings. The summed E-state index contributed by atoms with van der Waals surface area (Å²) in [5.74, 6) is 1.10. The van der Waals surface area contributed by atoms with E-state index >= 15 is 0 Å². The normalized spacial score (nSPS) is 11.9. The quantitative estimate of drug-likeness (QED) is 0.487. The molecule has 0 aliphatic rings. The van der Waals surface area contributed by atoms with Crippen molar-refractivity contribution in [3.63, 3.8) is 0 Å². The van der Waals surface area contributed by atoms with Crippen LogP contribution in [-0.4, -0.2) is 5.25 Å². The molecular formula is C23H25NS. The highest BCUT2D eigenvalue weighted by Crippen LogP contribution is 2.22. The van der Waals surface area contributed by atoms with Crippen molar-refractivity contribution in [1.82, 2.24) is 0 Å². The van der Waals surface area contributed by atoms with Crippen molar-refractivity contribution in [3.8, 4) is 0 Å². The Bertz CT molecular complexity index is 738. The van der Waals surface area contributed by atoms with E-state index in [9.17, 15) is 0 Å². The van der Waals surface area contributed by atoms with Crippen LogP contribution < -0.4 is 5.32 Å². The number of nitrogens with one attached hydrogen (secondary N) is 1. The topological polar surface area (TPSA) is 12.0 Å². The van der Waals surface area contributed by atoms with Gasteiger partial charge in [0.15, 0.2) is 0 Å². The zero-order valence-corrected chi connectivity index (χ0v) is 15.5. The van der Waals surface area contributed by atoms with Gasteiger partial charge in [-0.1, -0.05) is 67.6 Å². The molecule has 2 heteroatoms. The monoisotopic (exact) mass is 347 g/mol. The molecule has 0 radical (unpaired) electrons. The molecule has 3 rings (SSSR count). The molecule has 1 atom stereocenters. The number of rotatable bonds is 8. The smallest absolute Gasteiger partial charge is 0.0384 e. The SMILES string of the molecule is CC(CCc1ccc(Nc2ccccc2)cc1)SCc1ccccc1. The summed E-state index contributed by atoms with van der Waals surface area (Å²) in [6.45, 7) is 2.33. The van der Waals surface area contributed by atoms with Gasteiger partial charge in [-0.2, -0.15) is 11.8 Å². The van der Waals surface area contributed by atoms with E-state index in [-0.39, 0.29) is 0 Å². The van der Waals surface area contributed by atoms with Gasteiger partial charge in [-0.05, 0) is 48.2 Å². The lowest BCUT2D eigenvalue weighted by Gasteiger charge is -2.12. The lowest BCUT2D eigenvalue weighted by Crippen LogP contribution is -2.00. The molecule has 3 aromatic rings. The van der Waals surface area contributed by atoms with Crippen molar-refractivity contribution in [2.75, 3.05) is 5.32 Å². The number of para-hydroxylation sites is 1. The van der Waals surface area contributed by atoms with Crippen LogP contribution in [0.3, 0.4) is 0 Å². The summed E-state index contributed by atoms with van der Waals surface area (Å²) >= 11 is 2.04. The summed E-state index contributed by atoms with van der Waals surface area (Å²) < 4.78 is 0. The van der Waals surface area contributed by atoms with Crippen molar-refractivity contribution in [2.45, 2.75) is 30.8 Å². The Morgan fingerprint density at radius 1 is 0.720 bits per heavy atom. The van der Waals surface area contributed by atoms with Gasteiger partial charge in [0.25, 0.3) is 0 Å². The van der Waals surface area contributed by atoms with Gasteiger partial charge >= 0.3 is 0 Å². The van der Waals surface area contributed by atoms with Crippen LogP contribution in [0.25, 0.3) is 0 Å². The molecule has 0 bridgehead atoms. The number of thioether (sulfide) groups is 1. The van der Waals surface area contributed by atoms with Crippen LogP contribution in [-0.2, 0) is 12.2 Å². The lowest BCUT2D eigenvalue weighted by molar-refractivity contribution is 0.811. The fourth-order valence-electron chi connectivity index (χ4n) is 2.71. The average Bonchev–Trinajstić information content (AvgIpc) is 2.67. The van der Waals surface area contributed by atoms with E-state index in [0.717, 1.165) is 23.5 Å². The fraction of sp³-hybridized carbons (Fsp3) is 0.217. The Morgan fingerprint density at radius 3 is 2.00 bits per heavy atom. The van der Waals surface area contributed by atoms with Gasteiger partial charge in [0, 0.05) is 22.4 Å². The Kier molecular flexibility index (Phi) is 6.58. The molecule has 0 spiro atoms. The third kappa shape index (κ3) is 5.99. The first-order valence-electron chi connectivity index (χ1n) is 8.86. The molecule has 0 amide bonds.